The minimum absolute atomic E-state index is 0.0357. The van der Waals surface area contributed by atoms with Crippen LogP contribution in [0.1, 0.15) is 36.5 Å². The molecule has 3 rings (SSSR count). The number of benzene rings is 2. The Bertz CT molecular complexity index is 651. The summed E-state index contributed by atoms with van der Waals surface area (Å²) in [6.45, 7) is 1.62. The molecule has 1 unspecified atom stereocenters. The zero-order chi connectivity index (χ0) is 16.8. The van der Waals surface area contributed by atoms with E-state index < -0.39 is 11.7 Å². The highest BCUT2D eigenvalue weighted by Gasteiger charge is 2.38. The third-order valence-electron chi connectivity index (χ3n) is 4.56. The van der Waals surface area contributed by atoms with Gasteiger partial charge in [-0.05, 0) is 24.2 Å². The van der Waals surface area contributed by atoms with Gasteiger partial charge in [-0.25, -0.2) is 0 Å². The largest absolute Gasteiger partial charge is 0.454 e. The predicted molar refractivity (Wildman–Crippen MR) is 92.3 cm³/mol. The Morgan fingerprint density at radius 1 is 1.04 bits per heavy atom. The summed E-state index contributed by atoms with van der Waals surface area (Å²) < 4.78 is 5.92. The van der Waals surface area contributed by atoms with Gasteiger partial charge in [-0.1, -0.05) is 60.7 Å². The fraction of sp³-hybridized carbons (Fsp3) is 0.350. The molecule has 1 aliphatic heterocycles. The van der Waals surface area contributed by atoms with Crippen molar-refractivity contribution in [2.75, 3.05) is 13.1 Å². The van der Waals surface area contributed by atoms with Crippen LogP contribution in [0.4, 0.5) is 0 Å². The highest BCUT2D eigenvalue weighted by molar-refractivity contribution is 5.71. The van der Waals surface area contributed by atoms with Crippen LogP contribution in [0.3, 0.4) is 0 Å². The van der Waals surface area contributed by atoms with E-state index in [9.17, 15) is 9.90 Å². The van der Waals surface area contributed by atoms with E-state index >= 15 is 0 Å². The lowest BCUT2D eigenvalue weighted by Gasteiger charge is -2.37. The van der Waals surface area contributed by atoms with E-state index in [-0.39, 0.29) is 12.4 Å². The Morgan fingerprint density at radius 2 is 1.62 bits per heavy atom. The molecule has 0 radical (unpaired) electrons. The maximum Gasteiger partial charge on any atom is 0.309 e. The Balaban J connectivity index is 1.72. The van der Waals surface area contributed by atoms with Crippen LogP contribution in [-0.4, -0.2) is 24.2 Å². The summed E-state index contributed by atoms with van der Waals surface area (Å²) in [4.78, 5) is 12.5. The summed E-state index contributed by atoms with van der Waals surface area (Å²) in [5, 5.41) is 13.6. The first kappa shape index (κ1) is 16.7. The van der Waals surface area contributed by atoms with Crippen molar-refractivity contribution < 1.29 is 14.6 Å². The Hall–Kier alpha value is -2.17. The van der Waals surface area contributed by atoms with Crippen LogP contribution in [0.15, 0.2) is 60.7 Å². The van der Waals surface area contributed by atoms with Crippen molar-refractivity contribution in [1.82, 2.24) is 5.32 Å². The normalized spacial score (nSPS) is 17.9. The average molecular weight is 325 g/mol. The Labute approximate surface area is 142 Å². The highest BCUT2D eigenvalue weighted by atomic mass is 16.6. The van der Waals surface area contributed by atoms with Gasteiger partial charge in [-0.2, -0.15) is 0 Å². The van der Waals surface area contributed by atoms with Crippen molar-refractivity contribution in [2.24, 2.45) is 0 Å². The Morgan fingerprint density at radius 3 is 2.25 bits per heavy atom. The summed E-state index contributed by atoms with van der Waals surface area (Å²) >= 11 is 0. The number of hydrogen-bond acceptors (Lipinski definition) is 4. The zero-order valence-corrected chi connectivity index (χ0v) is 13.7. The standard InChI is InChI=1S/C20H23NO3/c22-18(16-7-3-1-4-8-16)15-19(23)24-20(11-13-21-14-12-20)17-9-5-2-6-10-17/h1-10,18,21-22H,11-15H2. The smallest absolute Gasteiger partial charge is 0.309 e. The quantitative estimate of drug-likeness (QED) is 0.830. The molecule has 126 valence electrons. The molecule has 2 aromatic rings. The number of carbonyl (C=O) groups excluding carboxylic acids is 1. The maximum absolute atomic E-state index is 12.5. The van der Waals surface area contributed by atoms with Gasteiger partial charge in [0.25, 0.3) is 0 Å². The first-order valence-corrected chi connectivity index (χ1v) is 8.41. The molecule has 2 aromatic carbocycles. The number of piperidine rings is 1. The SMILES string of the molecule is O=C(CC(O)c1ccccc1)OC1(c2ccccc2)CCNCC1. The molecule has 2 N–H and O–H groups in total. The lowest BCUT2D eigenvalue weighted by Crippen LogP contribution is -2.43. The van der Waals surface area contributed by atoms with Crippen LogP contribution in [0.5, 0.6) is 0 Å². The average Bonchev–Trinajstić information content (AvgIpc) is 2.64. The summed E-state index contributed by atoms with van der Waals surface area (Å²) in [5.41, 5.74) is 1.16. The molecule has 1 aliphatic rings. The highest BCUT2D eigenvalue weighted by Crippen LogP contribution is 2.35. The van der Waals surface area contributed by atoms with E-state index in [1.165, 1.54) is 0 Å². The first-order valence-electron chi connectivity index (χ1n) is 8.41. The van der Waals surface area contributed by atoms with E-state index in [0.717, 1.165) is 37.1 Å². The molecule has 0 aliphatic carbocycles. The fourth-order valence-corrected chi connectivity index (χ4v) is 3.23. The second-order valence-corrected chi connectivity index (χ2v) is 6.21. The third-order valence-corrected chi connectivity index (χ3v) is 4.56. The molecular weight excluding hydrogens is 302 g/mol. The van der Waals surface area contributed by atoms with E-state index in [1.54, 1.807) is 0 Å². The van der Waals surface area contributed by atoms with Crippen molar-refractivity contribution in [3.63, 3.8) is 0 Å². The summed E-state index contributed by atoms with van der Waals surface area (Å²) in [5.74, 6) is -0.364. The number of aliphatic hydroxyl groups is 1. The van der Waals surface area contributed by atoms with Crippen molar-refractivity contribution in [1.29, 1.82) is 0 Å². The number of rotatable bonds is 5. The topological polar surface area (TPSA) is 58.6 Å². The van der Waals surface area contributed by atoms with Crippen molar-refractivity contribution >= 4 is 5.97 Å². The summed E-state index contributed by atoms with van der Waals surface area (Å²) in [7, 11) is 0. The summed E-state index contributed by atoms with van der Waals surface area (Å²) in [6, 6.07) is 19.1. The molecule has 1 saturated heterocycles. The van der Waals surface area contributed by atoms with Crippen LogP contribution in [0, 0.1) is 0 Å². The van der Waals surface area contributed by atoms with Crippen molar-refractivity contribution in [3.8, 4) is 0 Å². The predicted octanol–water partition coefficient (Wildman–Crippen LogP) is 2.93. The second kappa shape index (κ2) is 7.60. The second-order valence-electron chi connectivity index (χ2n) is 6.21. The molecule has 4 heteroatoms. The van der Waals surface area contributed by atoms with Crippen LogP contribution < -0.4 is 5.32 Å². The Kier molecular flexibility index (Phi) is 5.28. The molecular formula is C20H23NO3. The number of hydrogen-bond donors (Lipinski definition) is 2. The summed E-state index contributed by atoms with van der Waals surface area (Å²) in [6.07, 6.45) is 0.605. The number of esters is 1. The van der Waals surface area contributed by atoms with Gasteiger partial charge in [0.05, 0.1) is 12.5 Å². The van der Waals surface area contributed by atoms with E-state index in [1.807, 2.05) is 60.7 Å². The molecule has 0 bridgehead atoms. The van der Waals surface area contributed by atoms with Gasteiger partial charge >= 0.3 is 5.97 Å². The van der Waals surface area contributed by atoms with Crippen molar-refractivity contribution in [2.45, 2.75) is 31.0 Å². The van der Waals surface area contributed by atoms with Gasteiger partial charge in [0, 0.05) is 12.8 Å². The monoisotopic (exact) mass is 325 g/mol. The van der Waals surface area contributed by atoms with Crippen LogP contribution >= 0.6 is 0 Å². The zero-order valence-electron chi connectivity index (χ0n) is 13.7. The molecule has 1 fully saturated rings. The van der Waals surface area contributed by atoms with E-state index in [0.29, 0.717) is 0 Å². The number of carbonyl (C=O) groups is 1. The minimum atomic E-state index is -0.840. The lowest BCUT2D eigenvalue weighted by atomic mass is 9.84. The molecule has 24 heavy (non-hydrogen) atoms. The van der Waals surface area contributed by atoms with Crippen LogP contribution in [-0.2, 0) is 15.1 Å². The molecule has 1 heterocycles. The van der Waals surface area contributed by atoms with Crippen molar-refractivity contribution in [3.05, 3.63) is 71.8 Å². The number of aliphatic hydroxyl groups excluding tert-OH is 1. The number of nitrogens with one attached hydrogen (secondary N) is 1. The fourth-order valence-electron chi connectivity index (χ4n) is 3.23. The van der Waals surface area contributed by atoms with Gasteiger partial charge < -0.3 is 15.2 Å². The van der Waals surface area contributed by atoms with Crippen LogP contribution in [0.2, 0.25) is 0 Å². The van der Waals surface area contributed by atoms with E-state index in [4.69, 9.17) is 4.74 Å². The molecule has 1 atom stereocenters. The third kappa shape index (κ3) is 3.83. The number of ether oxygens (including phenoxy) is 1. The molecule has 0 spiro atoms. The minimum Gasteiger partial charge on any atom is -0.454 e. The van der Waals surface area contributed by atoms with Gasteiger partial charge in [0.2, 0.25) is 0 Å². The molecule has 0 aromatic heterocycles. The van der Waals surface area contributed by atoms with Gasteiger partial charge in [0.1, 0.15) is 5.60 Å². The van der Waals surface area contributed by atoms with Gasteiger partial charge in [-0.15, -0.1) is 0 Å². The molecule has 0 amide bonds. The van der Waals surface area contributed by atoms with Crippen LogP contribution in [0.25, 0.3) is 0 Å². The first-order chi connectivity index (χ1) is 11.7. The molecule has 0 saturated carbocycles. The molecule has 4 nitrogen and oxygen atoms in total. The van der Waals surface area contributed by atoms with Gasteiger partial charge in [-0.3, -0.25) is 4.79 Å². The maximum atomic E-state index is 12.5. The lowest BCUT2D eigenvalue weighted by molar-refractivity contribution is -0.166. The van der Waals surface area contributed by atoms with Gasteiger partial charge in [0.15, 0.2) is 0 Å². The van der Waals surface area contributed by atoms with E-state index in [2.05, 4.69) is 5.32 Å².